The summed E-state index contributed by atoms with van der Waals surface area (Å²) in [5, 5.41) is 27.8. The molecule has 0 spiro atoms. The number of hydrogen-bond acceptors (Lipinski definition) is 10. The smallest absolute Gasteiger partial charge is 0.400 e. The van der Waals surface area contributed by atoms with E-state index in [1.54, 1.807) is 0 Å². The molecular formula is C13H10N6O8. The number of amides is 2. The molecule has 2 rings (SSSR count). The summed E-state index contributed by atoms with van der Waals surface area (Å²) < 4.78 is 9.54. The summed E-state index contributed by atoms with van der Waals surface area (Å²) in [6.07, 6.45) is 1.42. The maximum Gasteiger partial charge on any atom is 0.433 e. The molecule has 0 unspecified atom stereocenters. The van der Waals surface area contributed by atoms with E-state index in [2.05, 4.69) is 10.2 Å². The predicted octanol–water partition coefficient (Wildman–Crippen LogP) is 0.679. The first kappa shape index (κ1) is 19.0. The van der Waals surface area contributed by atoms with E-state index in [0.29, 0.717) is 0 Å². The van der Waals surface area contributed by atoms with E-state index in [0.717, 1.165) is 24.6 Å². The maximum absolute atomic E-state index is 11.5. The second kappa shape index (κ2) is 8.65. The number of carbonyl (C=O) groups excluding carboxylic acids is 2. The first-order chi connectivity index (χ1) is 12.8. The molecule has 2 aromatic rings. The van der Waals surface area contributed by atoms with Crippen molar-refractivity contribution in [2.24, 2.45) is 10.2 Å². The quantitative estimate of drug-likeness (QED) is 0.289. The fourth-order valence-corrected chi connectivity index (χ4v) is 1.58. The molecule has 0 aromatic carbocycles. The lowest BCUT2D eigenvalue weighted by atomic mass is 10.4. The Kier molecular flexibility index (Phi) is 6.08. The molecule has 0 aliphatic rings. The number of rotatable bonds is 8. The number of furan rings is 2. The van der Waals surface area contributed by atoms with Crippen LogP contribution >= 0.6 is 0 Å². The number of hydrazone groups is 2. The average Bonchev–Trinajstić information content (AvgIpc) is 3.24. The molecule has 2 heterocycles. The van der Waals surface area contributed by atoms with Gasteiger partial charge in [0.15, 0.2) is 11.5 Å². The minimum absolute atomic E-state index is 0.0311. The Morgan fingerprint density at radius 2 is 1.30 bits per heavy atom. The summed E-state index contributed by atoms with van der Waals surface area (Å²) in [5.74, 6) is -2.47. The largest absolute Gasteiger partial charge is 0.433 e. The Labute approximate surface area is 148 Å². The van der Waals surface area contributed by atoms with Crippen LogP contribution in [0.25, 0.3) is 0 Å². The van der Waals surface area contributed by atoms with Crippen molar-refractivity contribution in [2.75, 3.05) is 0 Å². The van der Waals surface area contributed by atoms with Gasteiger partial charge in [-0.15, -0.1) is 0 Å². The van der Waals surface area contributed by atoms with Crippen molar-refractivity contribution < 1.29 is 28.3 Å². The third-order valence-corrected chi connectivity index (χ3v) is 2.67. The van der Waals surface area contributed by atoms with Crippen molar-refractivity contribution in [3.63, 3.8) is 0 Å². The molecule has 2 N–H and O–H groups in total. The second-order valence-corrected chi connectivity index (χ2v) is 4.63. The third kappa shape index (κ3) is 5.89. The van der Waals surface area contributed by atoms with Crippen LogP contribution < -0.4 is 10.9 Å². The molecule has 0 aliphatic heterocycles. The van der Waals surface area contributed by atoms with Crippen LogP contribution in [0.15, 0.2) is 43.3 Å². The van der Waals surface area contributed by atoms with Crippen LogP contribution in [-0.4, -0.2) is 34.1 Å². The predicted molar refractivity (Wildman–Crippen MR) is 86.8 cm³/mol. The van der Waals surface area contributed by atoms with Gasteiger partial charge in [-0.25, -0.2) is 10.9 Å². The number of nitro groups is 2. The third-order valence-electron chi connectivity index (χ3n) is 2.67. The number of hydrogen-bond donors (Lipinski definition) is 2. The average molecular weight is 378 g/mol. The van der Waals surface area contributed by atoms with Gasteiger partial charge in [-0.2, -0.15) is 10.2 Å². The van der Waals surface area contributed by atoms with Crippen LogP contribution in [0.3, 0.4) is 0 Å². The second-order valence-electron chi connectivity index (χ2n) is 4.63. The Morgan fingerprint density at radius 3 is 1.63 bits per heavy atom. The summed E-state index contributed by atoms with van der Waals surface area (Å²) in [7, 11) is 0. The van der Waals surface area contributed by atoms with E-state index in [1.165, 1.54) is 12.1 Å². The normalized spacial score (nSPS) is 11.0. The van der Waals surface area contributed by atoms with Crippen LogP contribution in [-0.2, 0) is 9.59 Å². The van der Waals surface area contributed by atoms with Gasteiger partial charge in [0, 0.05) is 0 Å². The number of carbonyl (C=O) groups is 2. The van der Waals surface area contributed by atoms with E-state index >= 15 is 0 Å². The minimum Gasteiger partial charge on any atom is -0.400 e. The van der Waals surface area contributed by atoms with Crippen molar-refractivity contribution >= 4 is 36.0 Å². The Morgan fingerprint density at radius 1 is 0.889 bits per heavy atom. The van der Waals surface area contributed by atoms with Gasteiger partial charge in [0.1, 0.15) is 16.3 Å². The molecule has 14 nitrogen and oxygen atoms in total. The Hall–Kier alpha value is -4.36. The zero-order valence-corrected chi connectivity index (χ0v) is 13.2. The van der Waals surface area contributed by atoms with E-state index in [-0.39, 0.29) is 11.5 Å². The molecule has 0 saturated carbocycles. The van der Waals surface area contributed by atoms with E-state index in [1.807, 2.05) is 10.9 Å². The van der Waals surface area contributed by atoms with Crippen molar-refractivity contribution in [3.8, 4) is 0 Å². The van der Waals surface area contributed by atoms with Gasteiger partial charge in [0.2, 0.25) is 11.8 Å². The summed E-state index contributed by atoms with van der Waals surface area (Å²) in [4.78, 5) is 42.4. The topological polar surface area (TPSA) is 195 Å². The molecule has 140 valence electrons. The molecule has 0 saturated heterocycles. The highest BCUT2D eigenvalue weighted by Crippen LogP contribution is 2.14. The zero-order valence-electron chi connectivity index (χ0n) is 13.2. The Balaban J connectivity index is 1.75. The molecule has 0 atom stereocenters. The fraction of sp³-hybridized carbons (Fsp3) is 0.0769. The maximum atomic E-state index is 11.5. The van der Waals surface area contributed by atoms with Crippen LogP contribution in [0.1, 0.15) is 17.9 Å². The van der Waals surface area contributed by atoms with Gasteiger partial charge in [-0.05, 0) is 12.1 Å². The Bertz CT molecular complexity index is 853. The highest BCUT2D eigenvalue weighted by Gasteiger charge is 2.12. The SMILES string of the molecule is O=C(CC(=O)N/N=C/c1ccc([N+](=O)[O-])o1)N/N=C/c1ccc([N+](=O)[O-])o1. The highest BCUT2D eigenvalue weighted by molar-refractivity contribution is 5.97. The molecule has 0 bridgehead atoms. The molecule has 14 heteroatoms. The van der Waals surface area contributed by atoms with Crippen LogP contribution in [0.4, 0.5) is 11.8 Å². The molecule has 0 radical (unpaired) electrons. The van der Waals surface area contributed by atoms with Crippen molar-refractivity contribution in [1.82, 2.24) is 10.9 Å². The van der Waals surface area contributed by atoms with E-state index in [4.69, 9.17) is 8.83 Å². The van der Waals surface area contributed by atoms with Crippen LogP contribution in [0, 0.1) is 20.2 Å². The summed E-state index contributed by atoms with van der Waals surface area (Å²) in [5.41, 5.74) is 4.04. The van der Waals surface area contributed by atoms with Gasteiger partial charge in [-0.1, -0.05) is 0 Å². The molecule has 27 heavy (non-hydrogen) atoms. The lowest BCUT2D eigenvalue weighted by Gasteiger charge is -1.98. The minimum atomic E-state index is -0.784. The van der Waals surface area contributed by atoms with Gasteiger partial charge < -0.3 is 8.83 Å². The summed E-state index contributed by atoms with van der Waals surface area (Å²) in [6.45, 7) is 0. The van der Waals surface area contributed by atoms with Gasteiger partial charge >= 0.3 is 11.8 Å². The summed E-state index contributed by atoms with van der Waals surface area (Å²) in [6, 6.07) is 4.77. The van der Waals surface area contributed by atoms with Crippen molar-refractivity contribution in [1.29, 1.82) is 0 Å². The lowest BCUT2D eigenvalue weighted by Crippen LogP contribution is -2.27. The molecule has 2 aromatic heterocycles. The zero-order chi connectivity index (χ0) is 19.8. The first-order valence-electron chi connectivity index (χ1n) is 6.97. The molecule has 2 amide bonds. The van der Waals surface area contributed by atoms with E-state index in [9.17, 15) is 29.8 Å². The van der Waals surface area contributed by atoms with Gasteiger partial charge in [-0.3, -0.25) is 29.8 Å². The number of nitrogens with zero attached hydrogens (tertiary/aromatic N) is 4. The summed E-state index contributed by atoms with van der Waals surface area (Å²) >= 11 is 0. The molecule has 0 aliphatic carbocycles. The van der Waals surface area contributed by atoms with E-state index < -0.39 is 39.9 Å². The molecule has 0 fully saturated rings. The highest BCUT2D eigenvalue weighted by atomic mass is 16.7. The van der Waals surface area contributed by atoms with Crippen molar-refractivity contribution in [2.45, 2.75) is 6.42 Å². The van der Waals surface area contributed by atoms with Gasteiger partial charge in [0.25, 0.3) is 0 Å². The fourth-order valence-electron chi connectivity index (χ4n) is 1.58. The number of nitrogens with one attached hydrogen (secondary N) is 2. The van der Waals surface area contributed by atoms with Crippen LogP contribution in [0.5, 0.6) is 0 Å². The monoisotopic (exact) mass is 378 g/mol. The van der Waals surface area contributed by atoms with Crippen LogP contribution in [0.2, 0.25) is 0 Å². The van der Waals surface area contributed by atoms with Gasteiger partial charge in [0.05, 0.1) is 24.6 Å². The standard InChI is InChI=1S/C13H10N6O8/c20-10(16-14-6-8-1-3-12(26-8)18(22)23)5-11(21)17-15-7-9-2-4-13(27-9)19(24)25/h1-4,6-7H,5H2,(H,16,20)(H,17,21)/b14-6+,15-7+. The van der Waals surface area contributed by atoms with Crippen molar-refractivity contribution in [3.05, 3.63) is 56.0 Å². The lowest BCUT2D eigenvalue weighted by molar-refractivity contribution is -0.402. The first-order valence-corrected chi connectivity index (χ1v) is 6.97. The molecular weight excluding hydrogens is 368 g/mol.